The Morgan fingerprint density at radius 2 is 1.62 bits per heavy atom. The first-order valence-corrected chi connectivity index (χ1v) is 8.79. The lowest BCUT2D eigenvalue weighted by Gasteiger charge is -2.30. The molecule has 1 saturated heterocycles. The van der Waals surface area contributed by atoms with Gasteiger partial charge >= 0.3 is 6.01 Å². The summed E-state index contributed by atoms with van der Waals surface area (Å²) in [4.78, 5) is 7.53. The van der Waals surface area contributed by atoms with E-state index in [-0.39, 0.29) is 30.1 Å². The molecule has 6 nitrogen and oxygen atoms in total. The Hall–Kier alpha value is -2.13. The molecule has 0 radical (unpaired) electrons. The van der Waals surface area contributed by atoms with Crippen molar-refractivity contribution in [3.63, 3.8) is 0 Å². The number of nitrogens with zero attached hydrogens (tertiary/aromatic N) is 3. The number of hydrogen-bond donors (Lipinski definition) is 0. The lowest BCUT2D eigenvalue weighted by Crippen LogP contribution is -2.41. The molecule has 3 rings (SSSR count). The van der Waals surface area contributed by atoms with Crippen molar-refractivity contribution in [3.8, 4) is 6.01 Å². The maximum Gasteiger partial charge on any atom is 0.316 e. The van der Waals surface area contributed by atoms with Crippen molar-refractivity contribution in [2.24, 2.45) is 0 Å². The minimum Gasteiger partial charge on any atom is -0.460 e. The fourth-order valence-electron chi connectivity index (χ4n) is 2.51. The maximum atomic E-state index is 13.3. The normalized spacial score (nSPS) is 16.9. The molecule has 1 fully saturated rings. The fourth-order valence-corrected chi connectivity index (χ4v) is 4.02. The summed E-state index contributed by atoms with van der Waals surface area (Å²) in [7, 11) is -3.94. The van der Waals surface area contributed by atoms with Crippen LogP contribution in [0.3, 0.4) is 0 Å². The number of halogens is 2. The topological polar surface area (TPSA) is 72.4 Å². The number of sulfonamides is 1. The molecule has 0 N–H and O–H groups in total. The smallest absolute Gasteiger partial charge is 0.316 e. The van der Waals surface area contributed by atoms with Crippen LogP contribution in [-0.2, 0) is 10.0 Å². The highest BCUT2D eigenvalue weighted by molar-refractivity contribution is 7.89. The van der Waals surface area contributed by atoms with Gasteiger partial charge in [0.1, 0.15) is 17.7 Å². The summed E-state index contributed by atoms with van der Waals surface area (Å²) in [6.45, 7) is 0.385. The van der Waals surface area contributed by atoms with Gasteiger partial charge in [-0.1, -0.05) is 0 Å². The van der Waals surface area contributed by atoms with E-state index in [2.05, 4.69) is 9.97 Å². The van der Waals surface area contributed by atoms with Gasteiger partial charge in [-0.25, -0.2) is 27.2 Å². The summed E-state index contributed by atoms with van der Waals surface area (Å²) in [6, 6.07) is 4.18. The van der Waals surface area contributed by atoms with E-state index in [0.29, 0.717) is 18.9 Å². The van der Waals surface area contributed by atoms with E-state index in [1.807, 2.05) is 0 Å². The zero-order valence-corrected chi connectivity index (χ0v) is 13.4. The molecule has 1 aliphatic heterocycles. The van der Waals surface area contributed by atoms with Gasteiger partial charge in [0.15, 0.2) is 0 Å². The van der Waals surface area contributed by atoms with Crippen LogP contribution in [0.1, 0.15) is 12.8 Å². The zero-order chi connectivity index (χ0) is 17.2. The van der Waals surface area contributed by atoms with E-state index in [1.54, 1.807) is 18.5 Å². The second-order valence-corrected chi connectivity index (χ2v) is 7.30. The van der Waals surface area contributed by atoms with Gasteiger partial charge in [-0.15, -0.1) is 0 Å². The summed E-state index contributed by atoms with van der Waals surface area (Å²) >= 11 is 0. The third-order valence-corrected chi connectivity index (χ3v) is 5.57. The predicted octanol–water partition coefficient (Wildman–Crippen LogP) is 1.99. The predicted molar refractivity (Wildman–Crippen MR) is 80.8 cm³/mol. The summed E-state index contributed by atoms with van der Waals surface area (Å²) in [5, 5.41) is 0. The molecule has 0 amide bonds. The first-order chi connectivity index (χ1) is 11.4. The highest BCUT2D eigenvalue weighted by Gasteiger charge is 2.31. The van der Waals surface area contributed by atoms with Crippen LogP contribution >= 0.6 is 0 Å². The van der Waals surface area contributed by atoms with E-state index in [1.165, 1.54) is 4.31 Å². The Kier molecular flexibility index (Phi) is 4.72. The minimum atomic E-state index is -3.94. The van der Waals surface area contributed by atoms with Crippen LogP contribution in [0, 0.1) is 11.6 Å². The Morgan fingerprint density at radius 3 is 2.21 bits per heavy atom. The van der Waals surface area contributed by atoms with Gasteiger partial charge in [0.25, 0.3) is 0 Å². The first kappa shape index (κ1) is 16.7. The molecule has 9 heteroatoms. The number of rotatable bonds is 4. The lowest BCUT2D eigenvalue weighted by molar-refractivity contribution is 0.124. The Balaban J connectivity index is 1.67. The van der Waals surface area contributed by atoms with E-state index >= 15 is 0 Å². The molecule has 1 aliphatic rings. The zero-order valence-electron chi connectivity index (χ0n) is 12.6. The van der Waals surface area contributed by atoms with Gasteiger partial charge in [-0.2, -0.15) is 4.31 Å². The number of hydrogen-bond acceptors (Lipinski definition) is 5. The van der Waals surface area contributed by atoms with Crippen molar-refractivity contribution >= 4 is 10.0 Å². The molecular formula is C15H15F2N3O3S. The third kappa shape index (κ3) is 3.68. The van der Waals surface area contributed by atoms with Gasteiger partial charge in [0.05, 0.1) is 4.90 Å². The molecule has 0 atom stereocenters. The summed E-state index contributed by atoms with van der Waals surface area (Å²) in [5.74, 6) is -1.85. The highest BCUT2D eigenvalue weighted by Crippen LogP contribution is 2.23. The summed E-state index contributed by atoms with van der Waals surface area (Å²) < 4.78 is 58.3. The van der Waals surface area contributed by atoms with E-state index in [9.17, 15) is 17.2 Å². The van der Waals surface area contributed by atoms with Crippen LogP contribution < -0.4 is 4.74 Å². The quantitative estimate of drug-likeness (QED) is 0.839. The average Bonchev–Trinajstić information content (AvgIpc) is 2.55. The van der Waals surface area contributed by atoms with Crippen LogP contribution in [0.15, 0.2) is 41.6 Å². The molecule has 1 aromatic carbocycles. The van der Waals surface area contributed by atoms with Crippen LogP contribution in [0.5, 0.6) is 6.01 Å². The Labute approximate surface area is 138 Å². The van der Waals surface area contributed by atoms with Crippen LogP contribution in [-0.4, -0.2) is 41.9 Å². The lowest BCUT2D eigenvalue weighted by atomic mass is 10.1. The molecular weight excluding hydrogens is 340 g/mol. The molecule has 0 spiro atoms. The standard InChI is InChI=1S/C15H15F2N3O3S/c16-11-8-12(17)10-14(9-11)24(21,22)20-6-2-13(3-7-20)23-15-18-4-1-5-19-15/h1,4-5,8-10,13H,2-3,6-7H2. The molecule has 24 heavy (non-hydrogen) atoms. The van der Waals surface area contributed by atoms with E-state index < -0.39 is 21.7 Å². The molecule has 0 unspecified atom stereocenters. The largest absolute Gasteiger partial charge is 0.460 e. The Morgan fingerprint density at radius 1 is 1.04 bits per heavy atom. The number of piperidine rings is 1. The van der Waals surface area contributed by atoms with Gasteiger partial charge in [-0.3, -0.25) is 0 Å². The summed E-state index contributed by atoms with van der Waals surface area (Å²) in [5.41, 5.74) is 0. The highest BCUT2D eigenvalue weighted by atomic mass is 32.2. The SMILES string of the molecule is O=S(=O)(c1cc(F)cc(F)c1)N1CCC(Oc2ncccn2)CC1. The van der Waals surface area contributed by atoms with Crippen molar-refractivity contribution in [2.45, 2.75) is 23.8 Å². The van der Waals surface area contributed by atoms with Crippen molar-refractivity contribution < 1.29 is 21.9 Å². The number of benzene rings is 1. The minimum absolute atomic E-state index is 0.192. The molecule has 2 aromatic rings. The molecule has 2 heterocycles. The van der Waals surface area contributed by atoms with Gasteiger partial charge < -0.3 is 4.74 Å². The van der Waals surface area contributed by atoms with Gasteiger partial charge in [-0.05, 0) is 31.0 Å². The molecule has 0 saturated carbocycles. The second-order valence-electron chi connectivity index (χ2n) is 5.36. The van der Waals surface area contributed by atoms with Crippen LogP contribution in [0.4, 0.5) is 8.78 Å². The second kappa shape index (κ2) is 6.78. The molecule has 128 valence electrons. The molecule has 1 aromatic heterocycles. The van der Waals surface area contributed by atoms with E-state index in [0.717, 1.165) is 12.1 Å². The molecule has 0 bridgehead atoms. The van der Waals surface area contributed by atoms with Gasteiger partial charge in [0, 0.05) is 31.5 Å². The van der Waals surface area contributed by atoms with Crippen LogP contribution in [0.2, 0.25) is 0 Å². The number of ether oxygens (including phenoxy) is 1. The average molecular weight is 355 g/mol. The van der Waals surface area contributed by atoms with Crippen molar-refractivity contribution in [3.05, 3.63) is 48.3 Å². The van der Waals surface area contributed by atoms with Crippen molar-refractivity contribution in [2.75, 3.05) is 13.1 Å². The fraction of sp³-hybridized carbons (Fsp3) is 0.333. The number of aromatic nitrogens is 2. The Bertz CT molecular complexity index is 790. The van der Waals surface area contributed by atoms with Crippen molar-refractivity contribution in [1.29, 1.82) is 0 Å². The summed E-state index contributed by atoms with van der Waals surface area (Å²) in [6.07, 6.45) is 3.79. The monoisotopic (exact) mass is 355 g/mol. The molecule has 0 aliphatic carbocycles. The van der Waals surface area contributed by atoms with E-state index in [4.69, 9.17) is 4.74 Å². The van der Waals surface area contributed by atoms with Gasteiger partial charge in [0.2, 0.25) is 10.0 Å². The third-order valence-electron chi connectivity index (χ3n) is 3.69. The maximum absolute atomic E-state index is 13.3. The first-order valence-electron chi connectivity index (χ1n) is 7.35. The van der Waals surface area contributed by atoms with Crippen molar-refractivity contribution in [1.82, 2.24) is 14.3 Å². The van der Waals surface area contributed by atoms with Crippen LogP contribution in [0.25, 0.3) is 0 Å².